The van der Waals surface area contributed by atoms with Gasteiger partial charge in [0.15, 0.2) is 0 Å². The average molecular weight is 324 g/mol. The van der Waals surface area contributed by atoms with Gasteiger partial charge in [0.25, 0.3) is 0 Å². The predicted molar refractivity (Wildman–Crippen MR) is 82.8 cm³/mol. The van der Waals surface area contributed by atoms with E-state index >= 15 is 0 Å². The third-order valence-electron chi connectivity index (χ3n) is 2.78. The monoisotopic (exact) mass is 324 g/mol. The van der Waals surface area contributed by atoms with E-state index in [2.05, 4.69) is 4.72 Å². The summed E-state index contributed by atoms with van der Waals surface area (Å²) in [6, 6.07) is 11.8. The van der Waals surface area contributed by atoms with E-state index in [0.717, 1.165) is 6.07 Å². The molecular formula is C14H13FN2O2S2. The number of sulfonamides is 1. The van der Waals surface area contributed by atoms with Gasteiger partial charge in [0.05, 0.1) is 4.90 Å². The van der Waals surface area contributed by atoms with Crippen molar-refractivity contribution < 1.29 is 12.8 Å². The highest BCUT2D eigenvalue weighted by molar-refractivity contribution is 7.89. The topological polar surface area (TPSA) is 72.2 Å². The van der Waals surface area contributed by atoms with E-state index in [4.69, 9.17) is 18.0 Å². The van der Waals surface area contributed by atoms with Crippen molar-refractivity contribution in [1.29, 1.82) is 0 Å². The van der Waals surface area contributed by atoms with Crippen LogP contribution in [0.5, 0.6) is 0 Å². The van der Waals surface area contributed by atoms with Crippen molar-refractivity contribution in [3.63, 3.8) is 0 Å². The summed E-state index contributed by atoms with van der Waals surface area (Å²) in [7, 11) is -3.77. The molecule has 0 spiro atoms. The molecule has 0 saturated carbocycles. The third-order valence-corrected chi connectivity index (χ3v) is 4.42. The third kappa shape index (κ3) is 4.07. The summed E-state index contributed by atoms with van der Waals surface area (Å²) in [6.45, 7) is 0.0648. The van der Waals surface area contributed by atoms with E-state index in [0.29, 0.717) is 11.1 Å². The average Bonchev–Trinajstić information content (AvgIpc) is 2.45. The molecule has 0 heterocycles. The first-order chi connectivity index (χ1) is 9.88. The van der Waals surface area contributed by atoms with Crippen LogP contribution in [0, 0.1) is 5.82 Å². The van der Waals surface area contributed by atoms with Crippen molar-refractivity contribution in [2.45, 2.75) is 11.4 Å². The summed E-state index contributed by atoms with van der Waals surface area (Å²) in [5.74, 6) is -0.603. The van der Waals surface area contributed by atoms with E-state index in [-0.39, 0.29) is 16.4 Å². The first kappa shape index (κ1) is 15.6. The highest BCUT2D eigenvalue weighted by atomic mass is 32.2. The second kappa shape index (κ2) is 6.30. The standard InChI is InChI=1S/C14H13FN2O2S2/c15-12-5-2-6-13(8-12)21(18,19)17-9-10-3-1-4-11(7-10)14(16)20/h1-8,17H,9H2,(H2,16,20). The lowest BCUT2D eigenvalue weighted by atomic mass is 10.1. The molecule has 0 bridgehead atoms. The van der Waals surface area contributed by atoms with Crippen LogP contribution >= 0.6 is 12.2 Å². The zero-order valence-corrected chi connectivity index (χ0v) is 12.5. The van der Waals surface area contributed by atoms with Crippen molar-refractivity contribution in [3.8, 4) is 0 Å². The highest BCUT2D eigenvalue weighted by Crippen LogP contribution is 2.12. The summed E-state index contributed by atoms with van der Waals surface area (Å²) in [4.78, 5) is 0.123. The molecule has 110 valence electrons. The summed E-state index contributed by atoms with van der Waals surface area (Å²) < 4.78 is 39.6. The first-order valence-electron chi connectivity index (χ1n) is 6.02. The van der Waals surface area contributed by atoms with Crippen LogP contribution in [0.3, 0.4) is 0 Å². The zero-order valence-electron chi connectivity index (χ0n) is 10.9. The molecule has 7 heteroatoms. The lowest BCUT2D eigenvalue weighted by Gasteiger charge is -2.08. The number of hydrogen-bond acceptors (Lipinski definition) is 3. The molecule has 0 amide bonds. The van der Waals surface area contributed by atoms with Gasteiger partial charge in [-0.25, -0.2) is 17.5 Å². The number of hydrogen-bond donors (Lipinski definition) is 2. The summed E-state index contributed by atoms with van der Waals surface area (Å²) in [6.07, 6.45) is 0. The van der Waals surface area contributed by atoms with Crippen molar-refractivity contribution in [1.82, 2.24) is 4.72 Å². The number of nitrogens with two attached hydrogens (primary N) is 1. The van der Waals surface area contributed by atoms with Crippen LogP contribution in [0.15, 0.2) is 53.4 Å². The Morgan fingerprint density at radius 1 is 1.19 bits per heavy atom. The molecule has 3 N–H and O–H groups in total. The fraction of sp³-hybridized carbons (Fsp3) is 0.0714. The zero-order chi connectivity index (χ0) is 15.5. The molecule has 2 rings (SSSR count). The highest BCUT2D eigenvalue weighted by Gasteiger charge is 2.14. The number of thiocarbonyl (C=S) groups is 1. The van der Waals surface area contributed by atoms with Crippen molar-refractivity contribution in [3.05, 3.63) is 65.5 Å². The van der Waals surface area contributed by atoms with Gasteiger partial charge in [-0.1, -0.05) is 36.5 Å². The van der Waals surface area contributed by atoms with Crippen LogP contribution in [-0.2, 0) is 16.6 Å². The Balaban J connectivity index is 2.15. The lowest BCUT2D eigenvalue weighted by Crippen LogP contribution is -2.23. The SMILES string of the molecule is NC(=S)c1cccc(CNS(=O)(=O)c2cccc(F)c2)c1. The predicted octanol–water partition coefficient (Wildman–Crippen LogP) is 1.94. The van der Waals surface area contributed by atoms with Crippen LogP contribution in [0.1, 0.15) is 11.1 Å². The van der Waals surface area contributed by atoms with Crippen LogP contribution in [0.4, 0.5) is 4.39 Å². The molecule has 4 nitrogen and oxygen atoms in total. The first-order valence-corrected chi connectivity index (χ1v) is 7.91. The van der Waals surface area contributed by atoms with Gasteiger partial charge in [0.1, 0.15) is 10.8 Å². The Hall–Kier alpha value is -1.83. The van der Waals surface area contributed by atoms with Crippen LogP contribution in [0.25, 0.3) is 0 Å². The van der Waals surface area contributed by atoms with E-state index in [1.54, 1.807) is 24.3 Å². The van der Waals surface area contributed by atoms with E-state index in [9.17, 15) is 12.8 Å². The Bertz CT molecular complexity index is 776. The molecule has 0 unspecified atom stereocenters. The molecular weight excluding hydrogens is 311 g/mol. The molecule has 0 atom stereocenters. The number of rotatable bonds is 5. The van der Waals surface area contributed by atoms with Gasteiger partial charge >= 0.3 is 0 Å². The van der Waals surface area contributed by atoms with Gasteiger partial charge in [-0.15, -0.1) is 0 Å². The fourth-order valence-electron chi connectivity index (χ4n) is 1.73. The number of nitrogens with one attached hydrogen (secondary N) is 1. The van der Waals surface area contributed by atoms with E-state index in [1.165, 1.54) is 18.2 Å². The molecule has 21 heavy (non-hydrogen) atoms. The Kier molecular flexibility index (Phi) is 4.66. The van der Waals surface area contributed by atoms with Crippen molar-refractivity contribution in [2.24, 2.45) is 5.73 Å². The van der Waals surface area contributed by atoms with Gasteiger partial charge in [0.2, 0.25) is 10.0 Å². The molecule has 0 aliphatic carbocycles. The minimum atomic E-state index is -3.77. The van der Waals surface area contributed by atoms with Crippen molar-refractivity contribution in [2.75, 3.05) is 0 Å². The summed E-state index contributed by atoms with van der Waals surface area (Å²) >= 11 is 4.87. The second-order valence-electron chi connectivity index (χ2n) is 4.35. The molecule has 0 aromatic heterocycles. The quantitative estimate of drug-likeness (QED) is 0.825. The molecule has 0 aliphatic heterocycles. The Labute approximate surface area is 127 Å². The van der Waals surface area contributed by atoms with Crippen LogP contribution in [0.2, 0.25) is 0 Å². The maximum Gasteiger partial charge on any atom is 0.240 e. The Morgan fingerprint density at radius 3 is 2.57 bits per heavy atom. The van der Waals surface area contributed by atoms with Gasteiger partial charge < -0.3 is 5.73 Å². The summed E-state index contributed by atoms with van der Waals surface area (Å²) in [5.41, 5.74) is 6.89. The molecule has 0 fully saturated rings. The van der Waals surface area contributed by atoms with Gasteiger partial charge in [-0.05, 0) is 29.8 Å². The molecule has 0 saturated heterocycles. The van der Waals surface area contributed by atoms with Gasteiger partial charge in [-0.2, -0.15) is 0 Å². The van der Waals surface area contributed by atoms with Gasteiger partial charge in [-0.3, -0.25) is 0 Å². The maximum absolute atomic E-state index is 13.1. The molecule has 2 aromatic rings. The number of halogens is 1. The van der Waals surface area contributed by atoms with Crippen LogP contribution in [-0.4, -0.2) is 13.4 Å². The minimum Gasteiger partial charge on any atom is -0.389 e. The largest absolute Gasteiger partial charge is 0.389 e. The maximum atomic E-state index is 13.1. The molecule has 0 aliphatic rings. The summed E-state index contributed by atoms with van der Waals surface area (Å²) in [5, 5.41) is 0. The lowest BCUT2D eigenvalue weighted by molar-refractivity contribution is 0.577. The second-order valence-corrected chi connectivity index (χ2v) is 6.55. The molecule has 0 radical (unpaired) electrons. The van der Waals surface area contributed by atoms with E-state index in [1.807, 2.05) is 0 Å². The van der Waals surface area contributed by atoms with Crippen LogP contribution < -0.4 is 10.5 Å². The smallest absolute Gasteiger partial charge is 0.240 e. The minimum absolute atomic E-state index is 0.0648. The van der Waals surface area contributed by atoms with E-state index < -0.39 is 15.8 Å². The Morgan fingerprint density at radius 2 is 1.90 bits per heavy atom. The van der Waals surface area contributed by atoms with Gasteiger partial charge in [0, 0.05) is 12.1 Å². The van der Waals surface area contributed by atoms with Crippen molar-refractivity contribution >= 4 is 27.2 Å². The normalized spacial score (nSPS) is 11.3. The fourth-order valence-corrected chi connectivity index (χ4v) is 2.91. The molecule has 2 aromatic carbocycles. The number of benzene rings is 2.